The summed E-state index contributed by atoms with van der Waals surface area (Å²) in [5.41, 5.74) is 0. The lowest BCUT2D eigenvalue weighted by Crippen LogP contribution is -2.29. The maximum atomic E-state index is 3.77. The number of hydrogen-bond donors (Lipinski definition) is 1. The molecule has 0 bridgehead atoms. The topological polar surface area (TPSA) is 12.0 Å². The Morgan fingerprint density at radius 1 is 1.22 bits per heavy atom. The summed E-state index contributed by atoms with van der Waals surface area (Å²) in [6, 6.07) is 5.35. The van der Waals surface area contributed by atoms with Gasteiger partial charge in [-0.1, -0.05) is 31.7 Å². The van der Waals surface area contributed by atoms with E-state index in [1.54, 1.807) is 4.88 Å². The molecule has 0 aliphatic heterocycles. The zero-order valence-corrected chi connectivity index (χ0v) is 12.1. The van der Waals surface area contributed by atoms with Crippen LogP contribution in [0, 0.1) is 11.8 Å². The standard InChI is InChI=1S/C16H25NS/c1-2-5-13(4-1)14(12-17-15-8-9-15)7-10-16-6-3-11-18-16/h3,6,11,13-15,17H,1-2,4-5,7-10,12H2. The highest BCUT2D eigenvalue weighted by Gasteiger charge is 2.27. The van der Waals surface area contributed by atoms with E-state index in [1.807, 2.05) is 11.3 Å². The molecule has 2 saturated carbocycles. The highest BCUT2D eigenvalue weighted by molar-refractivity contribution is 7.09. The van der Waals surface area contributed by atoms with Gasteiger partial charge in [-0.15, -0.1) is 11.3 Å². The second-order valence-electron chi connectivity index (χ2n) is 6.11. The van der Waals surface area contributed by atoms with E-state index < -0.39 is 0 Å². The second-order valence-corrected chi connectivity index (χ2v) is 7.14. The zero-order valence-electron chi connectivity index (χ0n) is 11.2. The van der Waals surface area contributed by atoms with Gasteiger partial charge in [-0.25, -0.2) is 0 Å². The summed E-state index contributed by atoms with van der Waals surface area (Å²) in [5, 5.41) is 5.98. The van der Waals surface area contributed by atoms with Gasteiger partial charge in [-0.05, 0) is 55.5 Å². The Kier molecular flexibility index (Phi) is 4.37. The smallest absolute Gasteiger partial charge is 0.00683 e. The van der Waals surface area contributed by atoms with E-state index in [9.17, 15) is 0 Å². The molecule has 1 aromatic heterocycles. The molecule has 1 heterocycles. The highest BCUT2D eigenvalue weighted by Crippen LogP contribution is 2.34. The van der Waals surface area contributed by atoms with Crippen LogP contribution in [0.5, 0.6) is 0 Å². The Morgan fingerprint density at radius 3 is 2.72 bits per heavy atom. The zero-order chi connectivity index (χ0) is 12.2. The molecule has 18 heavy (non-hydrogen) atoms. The van der Waals surface area contributed by atoms with Crippen LogP contribution >= 0.6 is 11.3 Å². The van der Waals surface area contributed by atoms with Crippen molar-refractivity contribution in [2.75, 3.05) is 6.54 Å². The van der Waals surface area contributed by atoms with E-state index in [4.69, 9.17) is 0 Å². The summed E-state index contributed by atoms with van der Waals surface area (Å²) < 4.78 is 0. The number of thiophene rings is 1. The fourth-order valence-corrected chi connectivity index (χ4v) is 4.05. The minimum absolute atomic E-state index is 0.871. The van der Waals surface area contributed by atoms with Crippen LogP contribution in [0.2, 0.25) is 0 Å². The first-order chi connectivity index (χ1) is 8.92. The summed E-state index contributed by atoms with van der Waals surface area (Å²) in [4.78, 5) is 1.57. The number of aryl methyl sites for hydroxylation is 1. The minimum atomic E-state index is 0.871. The van der Waals surface area contributed by atoms with E-state index in [1.165, 1.54) is 57.9 Å². The van der Waals surface area contributed by atoms with Crippen molar-refractivity contribution in [1.82, 2.24) is 5.32 Å². The Labute approximate surface area is 115 Å². The molecule has 0 radical (unpaired) electrons. The van der Waals surface area contributed by atoms with Crippen molar-refractivity contribution in [1.29, 1.82) is 0 Å². The Balaban J connectivity index is 1.49. The van der Waals surface area contributed by atoms with Crippen LogP contribution in [0.15, 0.2) is 17.5 Å². The molecule has 1 unspecified atom stereocenters. The molecular formula is C16H25NS. The van der Waals surface area contributed by atoms with E-state index in [-0.39, 0.29) is 0 Å². The van der Waals surface area contributed by atoms with Crippen LogP contribution in [-0.2, 0) is 6.42 Å². The monoisotopic (exact) mass is 263 g/mol. The first-order valence-corrected chi connectivity index (χ1v) is 8.55. The van der Waals surface area contributed by atoms with Gasteiger partial charge in [-0.3, -0.25) is 0 Å². The largest absolute Gasteiger partial charge is 0.314 e. The summed E-state index contributed by atoms with van der Waals surface area (Å²) in [6.45, 7) is 1.28. The Morgan fingerprint density at radius 2 is 2.06 bits per heavy atom. The predicted molar refractivity (Wildman–Crippen MR) is 79.1 cm³/mol. The molecule has 1 nitrogen and oxygen atoms in total. The van der Waals surface area contributed by atoms with Gasteiger partial charge >= 0.3 is 0 Å². The quantitative estimate of drug-likeness (QED) is 0.776. The van der Waals surface area contributed by atoms with Crippen molar-refractivity contribution in [3.8, 4) is 0 Å². The molecule has 1 N–H and O–H groups in total. The van der Waals surface area contributed by atoms with Gasteiger partial charge in [0, 0.05) is 10.9 Å². The van der Waals surface area contributed by atoms with Crippen molar-refractivity contribution < 1.29 is 0 Å². The van der Waals surface area contributed by atoms with Crippen LogP contribution in [0.1, 0.15) is 49.8 Å². The summed E-state index contributed by atoms with van der Waals surface area (Å²) in [5.74, 6) is 1.94. The van der Waals surface area contributed by atoms with E-state index in [0.717, 1.165) is 17.9 Å². The van der Waals surface area contributed by atoms with Gasteiger partial charge in [0.05, 0.1) is 0 Å². The molecule has 2 fully saturated rings. The van der Waals surface area contributed by atoms with Crippen molar-refractivity contribution in [2.24, 2.45) is 11.8 Å². The summed E-state index contributed by atoms with van der Waals surface area (Å²) >= 11 is 1.92. The molecule has 3 rings (SSSR count). The average molecular weight is 263 g/mol. The van der Waals surface area contributed by atoms with Crippen LogP contribution in [0.3, 0.4) is 0 Å². The maximum absolute atomic E-state index is 3.77. The van der Waals surface area contributed by atoms with Crippen molar-refractivity contribution in [2.45, 2.75) is 57.4 Å². The van der Waals surface area contributed by atoms with Crippen LogP contribution in [0.25, 0.3) is 0 Å². The van der Waals surface area contributed by atoms with Gasteiger partial charge in [-0.2, -0.15) is 0 Å². The first-order valence-electron chi connectivity index (χ1n) is 7.67. The first kappa shape index (κ1) is 12.7. The fraction of sp³-hybridized carbons (Fsp3) is 0.750. The van der Waals surface area contributed by atoms with Crippen LogP contribution in [-0.4, -0.2) is 12.6 Å². The summed E-state index contributed by atoms with van der Waals surface area (Å²) in [6.07, 6.45) is 11.5. The van der Waals surface area contributed by atoms with Gasteiger partial charge in [0.1, 0.15) is 0 Å². The second kappa shape index (κ2) is 6.21. The van der Waals surface area contributed by atoms with Crippen molar-refractivity contribution >= 4 is 11.3 Å². The minimum Gasteiger partial charge on any atom is -0.314 e. The molecule has 100 valence electrons. The number of nitrogens with one attached hydrogen (secondary N) is 1. The van der Waals surface area contributed by atoms with Gasteiger partial charge in [0.2, 0.25) is 0 Å². The Hall–Kier alpha value is -0.340. The molecule has 0 spiro atoms. The van der Waals surface area contributed by atoms with E-state index in [0.29, 0.717) is 0 Å². The molecule has 0 amide bonds. The van der Waals surface area contributed by atoms with Crippen molar-refractivity contribution in [3.05, 3.63) is 22.4 Å². The van der Waals surface area contributed by atoms with Crippen LogP contribution < -0.4 is 5.32 Å². The SMILES string of the molecule is c1csc(CCC(CNC2CC2)C2CCCC2)c1. The molecule has 2 aliphatic rings. The lowest BCUT2D eigenvalue weighted by molar-refractivity contribution is 0.304. The third-order valence-corrected chi connectivity index (χ3v) is 5.59. The van der Waals surface area contributed by atoms with Crippen molar-refractivity contribution in [3.63, 3.8) is 0 Å². The van der Waals surface area contributed by atoms with Crippen LogP contribution in [0.4, 0.5) is 0 Å². The molecule has 2 aliphatic carbocycles. The molecule has 2 heteroatoms. The predicted octanol–water partition coefficient (Wildman–Crippen LogP) is 4.24. The number of hydrogen-bond acceptors (Lipinski definition) is 2. The maximum Gasteiger partial charge on any atom is 0.00683 e. The molecule has 1 aromatic rings. The van der Waals surface area contributed by atoms with Gasteiger partial charge in [0.25, 0.3) is 0 Å². The third kappa shape index (κ3) is 3.58. The lowest BCUT2D eigenvalue weighted by Gasteiger charge is -2.23. The Bertz CT molecular complexity index is 336. The fourth-order valence-electron chi connectivity index (χ4n) is 3.32. The average Bonchev–Trinajstić information content (AvgIpc) is 2.86. The molecule has 1 atom stereocenters. The van der Waals surface area contributed by atoms with E-state index in [2.05, 4.69) is 22.8 Å². The highest BCUT2D eigenvalue weighted by atomic mass is 32.1. The molecule has 0 saturated heterocycles. The normalized spacial score (nSPS) is 22.4. The van der Waals surface area contributed by atoms with Gasteiger partial charge in [0.15, 0.2) is 0 Å². The molecule has 0 aromatic carbocycles. The van der Waals surface area contributed by atoms with E-state index >= 15 is 0 Å². The number of rotatable bonds is 7. The van der Waals surface area contributed by atoms with Gasteiger partial charge < -0.3 is 5.32 Å². The molecular weight excluding hydrogens is 238 g/mol. The third-order valence-electron chi connectivity index (χ3n) is 4.65. The summed E-state index contributed by atoms with van der Waals surface area (Å²) in [7, 11) is 0. The lowest BCUT2D eigenvalue weighted by atomic mass is 9.86.